The minimum absolute atomic E-state index is 0.112. The number of benzene rings is 8. The van der Waals surface area contributed by atoms with Gasteiger partial charge in [-0.2, -0.15) is 0 Å². The van der Waals surface area contributed by atoms with Gasteiger partial charge < -0.3 is 9.80 Å². The molecule has 3 heteroatoms. The van der Waals surface area contributed by atoms with Gasteiger partial charge in [-0.25, -0.2) is 0 Å². The van der Waals surface area contributed by atoms with Crippen LogP contribution in [0.25, 0.3) is 42.4 Å². The molecule has 1 aliphatic heterocycles. The summed E-state index contributed by atoms with van der Waals surface area (Å²) >= 11 is 1.87. The van der Waals surface area contributed by atoms with Gasteiger partial charge in [0.2, 0.25) is 0 Å². The molecule has 0 saturated heterocycles. The van der Waals surface area contributed by atoms with Gasteiger partial charge in [0.1, 0.15) is 0 Å². The SMILES string of the molecule is CC1(C)c2ccccc2-c2ccc(N(c3ccc4c(c3)C(C)(C)c3ccccc3N4c3ccc(-c4ccccc4)cc3)c3ccc4sc5ccccc5c4c3)cc21. The first kappa shape index (κ1) is 33.9. The lowest BCUT2D eigenvalue weighted by Gasteiger charge is -2.42. The second kappa shape index (κ2) is 12.5. The summed E-state index contributed by atoms with van der Waals surface area (Å²) in [5.74, 6) is 0. The Kier molecular flexibility index (Phi) is 7.46. The Labute approximate surface area is 338 Å². The van der Waals surface area contributed by atoms with Gasteiger partial charge >= 0.3 is 0 Å². The third-order valence-electron chi connectivity index (χ3n) is 12.6. The highest BCUT2D eigenvalue weighted by Crippen LogP contribution is 2.55. The van der Waals surface area contributed by atoms with Crippen LogP contribution >= 0.6 is 11.3 Å². The molecule has 0 unspecified atom stereocenters. The molecule has 57 heavy (non-hydrogen) atoms. The first-order chi connectivity index (χ1) is 27.8. The first-order valence-corrected chi connectivity index (χ1v) is 20.7. The van der Waals surface area contributed by atoms with Crippen LogP contribution in [0.1, 0.15) is 49.9 Å². The van der Waals surface area contributed by atoms with Gasteiger partial charge in [-0.3, -0.25) is 0 Å². The average molecular weight is 751 g/mol. The van der Waals surface area contributed by atoms with E-state index in [2.05, 4.69) is 219 Å². The molecule has 2 aliphatic rings. The molecule has 0 amide bonds. The smallest absolute Gasteiger partial charge is 0.0504 e. The standard InChI is InChI=1S/C54H42N2S/c1-53(2)45-18-10-8-16-41(45)42-29-26-39(33-47(42)53)55(38-28-31-52-44(32-38)43-17-9-13-21-51(43)57-52)40-27-30-50-48(34-40)54(3,4)46-19-11-12-20-49(46)56(50)37-24-22-36(23-25-37)35-14-6-5-7-15-35/h5-34H,1-4H3. The average Bonchev–Trinajstić information content (AvgIpc) is 3.73. The van der Waals surface area contributed by atoms with Gasteiger partial charge in [0, 0.05) is 53.8 Å². The molecule has 0 bridgehead atoms. The molecular weight excluding hydrogens is 709 g/mol. The Morgan fingerprint density at radius 3 is 1.79 bits per heavy atom. The molecule has 0 radical (unpaired) electrons. The monoisotopic (exact) mass is 750 g/mol. The quantitative estimate of drug-likeness (QED) is 0.173. The molecule has 0 spiro atoms. The van der Waals surface area contributed by atoms with Crippen molar-refractivity contribution in [2.24, 2.45) is 0 Å². The van der Waals surface area contributed by atoms with E-state index in [1.807, 2.05) is 11.3 Å². The zero-order chi connectivity index (χ0) is 38.5. The number of hydrogen-bond acceptors (Lipinski definition) is 3. The third kappa shape index (κ3) is 5.15. The number of nitrogens with zero attached hydrogens (tertiary/aromatic N) is 2. The summed E-state index contributed by atoms with van der Waals surface area (Å²) in [5.41, 5.74) is 17.2. The van der Waals surface area contributed by atoms with Crippen LogP contribution < -0.4 is 9.80 Å². The van der Waals surface area contributed by atoms with Gasteiger partial charge in [-0.15, -0.1) is 11.3 Å². The maximum absolute atomic E-state index is 2.49. The van der Waals surface area contributed by atoms with E-state index in [1.54, 1.807) is 0 Å². The van der Waals surface area contributed by atoms with E-state index in [-0.39, 0.29) is 10.8 Å². The first-order valence-electron chi connectivity index (χ1n) is 19.9. The van der Waals surface area contributed by atoms with E-state index in [0.29, 0.717) is 0 Å². The fourth-order valence-corrected chi connectivity index (χ4v) is 10.8. The van der Waals surface area contributed by atoms with Crippen LogP contribution in [-0.4, -0.2) is 0 Å². The normalized spacial score (nSPS) is 14.6. The summed E-state index contributed by atoms with van der Waals surface area (Å²) in [4.78, 5) is 4.94. The molecule has 2 nitrogen and oxygen atoms in total. The largest absolute Gasteiger partial charge is 0.310 e. The summed E-state index contributed by atoms with van der Waals surface area (Å²) in [6.07, 6.45) is 0. The fourth-order valence-electron chi connectivity index (χ4n) is 9.67. The van der Waals surface area contributed by atoms with Crippen molar-refractivity contribution in [3.8, 4) is 22.3 Å². The topological polar surface area (TPSA) is 6.48 Å². The highest BCUT2D eigenvalue weighted by molar-refractivity contribution is 7.25. The lowest BCUT2D eigenvalue weighted by atomic mass is 9.73. The Hall–Kier alpha value is -6.42. The van der Waals surface area contributed by atoms with Crippen molar-refractivity contribution in [1.82, 2.24) is 0 Å². The highest BCUT2D eigenvalue weighted by atomic mass is 32.1. The molecule has 0 saturated carbocycles. The van der Waals surface area contributed by atoms with Gasteiger partial charge in [-0.1, -0.05) is 137 Å². The molecule has 8 aromatic carbocycles. The Morgan fingerprint density at radius 2 is 0.965 bits per heavy atom. The maximum atomic E-state index is 2.49. The van der Waals surface area contributed by atoms with Crippen LogP contribution in [0.4, 0.5) is 34.1 Å². The van der Waals surface area contributed by atoms with E-state index >= 15 is 0 Å². The van der Waals surface area contributed by atoms with Gasteiger partial charge in [0.15, 0.2) is 0 Å². The van der Waals surface area contributed by atoms with Gasteiger partial charge in [-0.05, 0) is 117 Å². The zero-order valence-electron chi connectivity index (χ0n) is 32.6. The summed E-state index contributed by atoms with van der Waals surface area (Å²) in [5, 5.41) is 2.60. The number of thiophene rings is 1. The summed E-state index contributed by atoms with van der Waals surface area (Å²) in [7, 11) is 0. The predicted octanol–water partition coefficient (Wildman–Crippen LogP) is 15.6. The van der Waals surface area contributed by atoms with Crippen LogP contribution in [0.2, 0.25) is 0 Å². The second-order valence-electron chi connectivity index (χ2n) is 16.6. The van der Waals surface area contributed by atoms with Crippen LogP contribution in [0, 0.1) is 0 Å². The lowest BCUT2D eigenvalue weighted by molar-refractivity contribution is 0.632. The summed E-state index contributed by atoms with van der Waals surface area (Å²) < 4.78 is 2.63. The number of rotatable bonds is 5. The molecule has 0 atom stereocenters. The van der Waals surface area contributed by atoms with Crippen molar-refractivity contribution in [2.45, 2.75) is 38.5 Å². The van der Waals surface area contributed by atoms with Crippen LogP contribution in [0.15, 0.2) is 182 Å². The van der Waals surface area contributed by atoms with Gasteiger partial charge in [0.25, 0.3) is 0 Å². The van der Waals surface area contributed by atoms with E-state index in [1.165, 1.54) is 76.1 Å². The van der Waals surface area contributed by atoms with Crippen molar-refractivity contribution in [3.63, 3.8) is 0 Å². The zero-order valence-corrected chi connectivity index (χ0v) is 33.4. The summed E-state index contributed by atoms with van der Waals surface area (Å²) in [6, 6.07) is 67.6. The molecule has 2 heterocycles. The number of hydrogen-bond donors (Lipinski definition) is 0. The lowest BCUT2D eigenvalue weighted by Crippen LogP contribution is -2.31. The van der Waals surface area contributed by atoms with Crippen LogP contribution in [0.5, 0.6) is 0 Å². The van der Waals surface area contributed by atoms with E-state index in [4.69, 9.17) is 0 Å². The Balaban J connectivity index is 1.10. The Morgan fingerprint density at radius 1 is 0.404 bits per heavy atom. The third-order valence-corrected chi connectivity index (χ3v) is 13.8. The van der Waals surface area contributed by atoms with E-state index in [0.717, 1.165) is 22.7 Å². The molecular formula is C54H42N2S. The molecule has 274 valence electrons. The van der Waals surface area contributed by atoms with Crippen molar-refractivity contribution in [1.29, 1.82) is 0 Å². The summed E-state index contributed by atoms with van der Waals surface area (Å²) in [6.45, 7) is 9.50. The van der Waals surface area contributed by atoms with E-state index in [9.17, 15) is 0 Å². The van der Waals surface area contributed by atoms with Crippen molar-refractivity contribution in [3.05, 3.63) is 204 Å². The van der Waals surface area contributed by atoms with E-state index < -0.39 is 0 Å². The Bertz CT molecular complexity index is 3020. The number of para-hydroxylation sites is 1. The maximum Gasteiger partial charge on any atom is 0.0504 e. The molecule has 0 N–H and O–H groups in total. The second-order valence-corrected chi connectivity index (χ2v) is 17.7. The van der Waals surface area contributed by atoms with Crippen molar-refractivity contribution < 1.29 is 0 Å². The van der Waals surface area contributed by atoms with Gasteiger partial charge in [0.05, 0.1) is 11.4 Å². The van der Waals surface area contributed by atoms with Crippen LogP contribution in [-0.2, 0) is 10.8 Å². The fraction of sp³-hybridized carbons (Fsp3) is 0.111. The number of fused-ring (bicyclic) bond motifs is 8. The number of anilines is 6. The predicted molar refractivity (Wildman–Crippen MR) is 244 cm³/mol. The molecule has 1 aliphatic carbocycles. The van der Waals surface area contributed by atoms with Crippen molar-refractivity contribution >= 4 is 65.6 Å². The molecule has 9 aromatic rings. The molecule has 0 fully saturated rings. The van der Waals surface area contributed by atoms with Crippen LogP contribution in [0.3, 0.4) is 0 Å². The van der Waals surface area contributed by atoms with Crippen molar-refractivity contribution in [2.75, 3.05) is 9.80 Å². The molecule has 1 aromatic heterocycles. The minimum Gasteiger partial charge on any atom is -0.310 e. The highest BCUT2D eigenvalue weighted by Gasteiger charge is 2.38. The minimum atomic E-state index is -0.247. The molecule has 11 rings (SSSR count).